The van der Waals surface area contributed by atoms with E-state index in [0.717, 1.165) is 10.5 Å². The first-order valence-corrected chi connectivity index (χ1v) is 9.30. The Balaban J connectivity index is 1.90. The zero-order chi connectivity index (χ0) is 17.6. The van der Waals surface area contributed by atoms with Crippen molar-refractivity contribution in [3.05, 3.63) is 94.5 Å². The molecule has 1 N–H and O–H groups in total. The third-order valence-electron chi connectivity index (χ3n) is 3.55. The number of hydrogen-bond donors (Lipinski definition) is 1. The molecule has 126 valence electrons. The molecule has 25 heavy (non-hydrogen) atoms. The molecule has 0 aliphatic carbocycles. The number of thioether (sulfide) groups is 1. The maximum absolute atomic E-state index is 13.0. The Bertz CT molecular complexity index is 836. The molecule has 0 saturated heterocycles. The minimum Gasteiger partial charge on any atom is -0.322 e. The SMILES string of the molecule is O=C(Nc1c(Cl)cccc1Cl)[C@@H](Sc1ccccc1)c1ccccc1. The predicted octanol–water partition coefficient (Wildman–Crippen LogP) is 6.47. The van der Waals surface area contributed by atoms with Gasteiger partial charge < -0.3 is 5.32 Å². The smallest absolute Gasteiger partial charge is 0.242 e. The van der Waals surface area contributed by atoms with Gasteiger partial charge in [-0.3, -0.25) is 4.79 Å². The van der Waals surface area contributed by atoms with Gasteiger partial charge in [-0.15, -0.1) is 11.8 Å². The van der Waals surface area contributed by atoms with Gasteiger partial charge in [-0.1, -0.05) is 77.8 Å². The van der Waals surface area contributed by atoms with Crippen LogP contribution in [0.4, 0.5) is 5.69 Å². The van der Waals surface area contributed by atoms with E-state index in [4.69, 9.17) is 23.2 Å². The van der Waals surface area contributed by atoms with E-state index in [1.165, 1.54) is 11.8 Å². The molecule has 1 amide bonds. The predicted molar refractivity (Wildman–Crippen MR) is 107 cm³/mol. The monoisotopic (exact) mass is 387 g/mol. The van der Waals surface area contributed by atoms with Gasteiger partial charge in [0, 0.05) is 4.90 Å². The van der Waals surface area contributed by atoms with Crippen molar-refractivity contribution >= 4 is 46.6 Å². The van der Waals surface area contributed by atoms with Crippen molar-refractivity contribution in [1.29, 1.82) is 0 Å². The van der Waals surface area contributed by atoms with Crippen LogP contribution in [0.2, 0.25) is 10.0 Å². The van der Waals surface area contributed by atoms with Crippen LogP contribution in [0, 0.1) is 0 Å². The number of para-hydroxylation sites is 1. The van der Waals surface area contributed by atoms with E-state index in [-0.39, 0.29) is 5.91 Å². The van der Waals surface area contributed by atoms with Gasteiger partial charge in [0.2, 0.25) is 5.91 Å². The number of hydrogen-bond acceptors (Lipinski definition) is 2. The number of anilines is 1. The highest BCUT2D eigenvalue weighted by molar-refractivity contribution is 8.00. The van der Waals surface area contributed by atoms with Gasteiger partial charge >= 0.3 is 0 Å². The van der Waals surface area contributed by atoms with E-state index in [9.17, 15) is 4.79 Å². The first-order valence-electron chi connectivity index (χ1n) is 7.66. The molecule has 5 heteroatoms. The zero-order valence-electron chi connectivity index (χ0n) is 13.2. The van der Waals surface area contributed by atoms with Crippen molar-refractivity contribution in [3.63, 3.8) is 0 Å². The van der Waals surface area contributed by atoms with Crippen LogP contribution < -0.4 is 5.32 Å². The van der Waals surface area contributed by atoms with E-state index in [0.29, 0.717) is 15.7 Å². The summed E-state index contributed by atoms with van der Waals surface area (Å²) in [6.45, 7) is 0. The van der Waals surface area contributed by atoms with Crippen LogP contribution in [-0.2, 0) is 4.79 Å². The molecule has 3 rings (SSSR count). The highest BCUT2D eigenvalue weighted by Crippen LogP contribution is 2.37. The van der Waals surface area contributed by atoms with Crippen molar-refractivity contribution in [2.24, 2.45) is 0 Å². The highest BCUT2D eigenvalue weighted by Gasteiger charge is 2.23. The average molecular weight is 388 g/mol. The number of rotatable bonds is 5. The standard InChI is InChI=1S/C20H15Cl2NOS/c21-16-12-7-13-17(22)18(16)23-20(24)19(14-8-3-1-4-9-14)25-15-10-5-2-6-11-15/h1-13,19H,(H,23,24)/t19-/m0/s1. The first kappa shape index (κ1) is 17.9. The van der Waals surface area contributed by atoms with Crippen molar-refractivity contribution < 1.29 is 4.79 Å². The Morgan fingerprint density at radius 2 is 1.36 bits per heavy atom. The fraction of sp³-hybridized carbons (Fsp3) is 0.0500. The molecule has 0 heterocycles. The maximum atomic E-state index is 13.0. The number of nitrogens with one attached hydrogen (secondary N) is 1. The topological polar surface area (TPSA) is 29.1 Å². The minimum atomic E-state index is -0.420. The number of benzene rings is 3. The first-order chi connectivity index (χ1) is 12.1. The van der Waals surface area contributed by atoms with E-state index < -0.39 is 5.25 Å². The van der Waals surface area contributed by atoms with Gasteiger partial charge in [0.25, 0.3) is 0 Å². The molecule has 2 nitrogen and oxygen atoms in total. The lowest BCUT2D eigenvalue weighted by atomic mass is 10.1. The summed E-state index contributed by atoms with van der Waals surface area (Å²) in [5.74, 6) is -0.171. The number of amides is 1. The molecular formula is C20H15Cl2NOS. The third kappa shape index (κ3) is 4.57. The lowest BCUT2D eigenvalue weighted by Crippen LogP contribution is -2.19. The molecule has 0 bridgehead atoms. The molecule has 3 aromatic rings. The third-order valence-corrected chi connectivity index (χ3v) is 5.44. The second-order valence-electron chi connectivity index (χ2n) is 5.31. The summed E-state index contributed by atoms with van der Waals surface area (Å²) < 4.78 is 0. The lowest BCUT2D eigenvalue weighted by molar-refractivity contribution is -0.115. The van der Waals surface area contributed by atoms with Gasteiger partial charge in [-0.2, -0.15) is 0 Å². The molecule has 0 aromatic heterocycles. The second kappa shape index (κ2) is 8.43. The number of carbonyl (C=O) groups is 1. The number of halogens is 2. The van der Waals surface area contributed by atoms with Crippen molar-refractivity contribution in [2.45, 2.75) is 10.1 Å². The Labute approximate surface area is 161 Å². The summed E-state index contributed by atoms with van der Waals surface area (Å²) in [4.78, 5) is 14.0. The summed E-state index contributed by atoms with van der Waals surface area (Å²) in [6, 6.07) is 24.6. The highest BCUT2D eigenvalue weighted by atomic mass is 35.5. The van der Waals surface area contributed by atoms with Crippen molar-refractivity contribution in [2.75, 3.05) is 5.32 Å². The average Bonchev–Trinajstić information content (AvgIpc) is 2.64. The molecule has 0 aliphatic heterocycles. The van der Waals surface area contributed by atoms with Crippen LogP contribution >= 0.6 is 35.0 Å². The van der Waals surface area contributed by atoms with Gasteiger partial charge in [0.05, 0.1) is 15.7 Å². The van der Waals surface area contributed by atoms with Crippen LogP contribution in [0.5, 0.6) is 0 Å². The van der Waals surface area contributed by atoms with Crippen molar-refractivity contribution in [1.82, 2.24) is 0 Å². The maximum Gasteiger partial charge on any atom is 0.242 e. The summed E-state index contributed by atoms with van der Waals surface area (Å²) >= 11 is 13.8. The molecule has 0 saturated carbocycles. The quantitative estimate of drug-likeness (QED) is 0.508. The fourth-order valence-corrected chi connectivity index (χ4v) is 3.88. The summed E-state index contributed by atoms with van der Waals surface area (Å²) in [6.07, 6.45) is 0. The van der Waals surface area contributed by atoms with Crippen LogP contribution in [0.3, 0.4) is 0 Å². The molecular weight excluding hydrogens is 373 g/mol. The molecule has 0 aliphatic rings. The molecule has 0 spiro atoms. The molecule has 3 aromatic carbocycles. The van der Waals surface area contributed by atoms with Crippen LogP contribution in [-0.4, -0.2) is 5.91 Å². The van der Waals surface area contributed by atoms with E-state index in [2.05, 4.69) is 5.32 Å². The molecule has 1 atom stereocenters. The molecule has 0 fully saturated rings. The van der Waals surface area contributed by atoms with Crippen LogP contribution in [0.15, 0.2) is 83.8 Å². The lowest BCUT2D eigenvalue weighted by Gasteiger charge is -2.18. The summed E-state index contributed by atoms with van der Waals surface area (Å²) in [5.41, 5.74) is 1.35. The Morgan fingerprint density at radius 3 is 1.96 bits per heavy atom. The summed E-state index contributed by atoms with van der Waals surface area (Å²) in [7, 11) is 0. The van der Waals surface area contributed by atoms with Crippen LogP contribution in [0.1, 0.15) is 10.8 Å². The van der Waals surface area contributed by atoms with Gasteiger partial charge in [-0.25, -0.2) is 0 Å². The molecule has 0 radical (unpaired) electrons. The Hall–Kier alpha value is -1.94. The Kier molecular flexibility index (Phi) is 6.03. The van der Waals surface area contributed by atoms with Crippen LogP contribution in [0.25, 0.3) is 0 Å². The van der Waals surface area contributed by atoms with E-state index in [1.807, 2.05) is 60.7 Å². The molecule has 0 unspecified atom stereocenters. The summed E-state index contributed by atoms with van der Waals surface area (Å²) in [5, 5.41) is 3.28. The largest absolute Gasteiger partial charge is 0.322 e. The van der Waals surface area contributed by atoms with Gasteiger partial charge in [-0.05, 0) is 29.8 Å². The zero-order valence-corrected chi connectivity index (χ0v) is 15.5. The fourth-order valence-electron chi connectivity index (χ4n) is 2.34. The van der Waals surface area contributed by atoms with E-state index >= 15 is 0 Å². The van der Waals surface area contributed by atoms with Crippen molar-refractivity contribution in [3.8, 4) is 0 Å². The van der Waals surface area contributed by atoms with Gasteiger partial charge in [0.1, 0.15) is 5.25 Å². The van der Waals surface area contributed by atoms with E-state index in [1.54, 1.807) is 18.2 Å². The number of carbonyl (C=O) groups excluding carboxylic acids is 1. The Morgan fingerprint density at radius 1 is 0.800 bits per heavy atom. The normalized spacial score (nSPS) is 11.8. The van der Waals surface area contributed by atoms with Gasteiger partial charge in [0.15, 0.2) is 0 Å². The minimum absolute atomic E-state index is 0.171. The second-order valence-corrected chi connectivity index (χ2v) is 7.30.